The summed E-state index contributed by atoms with van der Waals surface area (Å²) >= 11 is 0. The summed E-state index contributed by atoms with van der Waals surface area (Å²) in [6.45, 7) is 0.160. The van der Waals surface area contributed by atoms with Gasteiger partial charge in [0.05, 0.1) is 11.0 Å². The van der Waals surface area contributed by atoms with Crippen molar-refractivity contribution in [3.05, 3.63) is 115 Å². The van der Waals surface area contributed by atoms with Gasteiger partial charge in [-0.05, 0) is 77.1 Å². The fourth-order valence-electron chi connectivity index (χ4n) is 7.95. The van der Waals surface area contributed by atoms with Gasteiger partial charge in [-0.1, -0.05) is 54.6 Å². The molecule has 6 aromatic carbocycles. The second-order valence-electron chi connectivity index (χ2n) is 11.4. The van der Waals surface area contributed by atoms with Crippen LogP contribution in [0.1, 0.15) is 0 Å². The first-order valence-corrected chi connectivity index (χ1v) is 14.2. The lowest BCUT2D eigenvalue weighted by Gasteiger charge is -2.43. The molecule has 11 rings (SSSR count). The first kappa shape index (κ1) is 20.5. The molecule has 0 saturated carbocycles. The highest BCUT2D eigenvalue weighted by atomic mass is 16.3. The van der Waals surface area contributed by atoms with Crippen molar-refractivity contribution < 1.29 is 4.42 Å². The fourth-order valence-corrected chi connectivity index (χ4v) is 7.95. The summed E-state index contributed by atoms with van der Waals surface area (Å²) < 4.78 is 8.87. The van der Waals surface area contributed by atoms with Crippen LogP contribution in [0.2, 0.25) is 0 Å². The Morgan fingerprint density at radius 1 is 0.537 bits per heavy atom. The third kappa shape index (κ3) is 2.29. The van der Waals surface area contributed by atoms with Crippen LogP contribution in [0.4, 0.5) is 28.4 Å². The number of hydrogen-bond acceptors (Lipinski definition) is 3. The lowest BCUT2D eigenvalue weighted by Crippen LogP contribution is -2.63. The molecule has 3 aliphatic rings. The SMILES string of the molecule is c1ccc(N2c3cccc4c3B3c5c2cccc5-n2c5cc6c(cc5c5ccc(c3c52)N4)oc2ccccc26)cc1. The summed E-state index contributed by atoms with van der Waals surface area (Å²) in [5.74, 6) is 0. The van der Waals surface area contributed by atoms with E-state index >= 15 is 0 Å². The first-order chi connectivity index (χ1) is 20.3. The Balaban J connectivity index is 1.35. The van der Waals surface area contributed by atoms with E-state index in [1.54, 1.807) is 0 Å². The van der Waals surface area contributed by atoms with E-state index in [2.05, 4.69) is 124 Å². The average molecular weight is 521 g/mol. The number of hydrogen-bond donors (Lipinski definition) is 1. The largest absolute Gasteiger partial charge is 0.456 e. The standard InChI is InChI=1S/C36H20BN3O/c1-2-8-20(9-3-1)39-27-12-6-11-25-33(27)37-34-26(38-25)17-16-22-23-19-32-24(21-10-4-5-15-31(21)41-32)18-30(23)40(36(22)34)29-14-7-13-28(39)35(29)37/h1-19,38H. The van der Waals surface area contributed by atoms with Crippen LogP contribution in [0.5, 0.6) is 0 Å². The summed E-state index contributed by atoms with van der Waals surface area (Å²) in [7, 11) is 0. The van der Waals surface area contributed by atoms with Crippen molar-refractivity contribution in [3.8, 4) is 5.69 Å². The lowest BCUT2D eigenvalue weighted by molar-refractivity contribution is 0.669. The monoisotopic (exact) mass is 521 g/mol. The van der Waals surface area contributed by atoms with E-state index < -0.39 is 0 Å². The highest BCUT2D eigenvalue weighted by Gasteiger charge is 2.46. The summed E-state index contributed by atoms with van der Waals surface area (Å²) in [6, 6.07) is 41.8. The summed E-state index contributed by atoms with van der Waals surface area (Å²) in [5.41, 5.74) is 15.8. The van der Waals surface area contributed by atoms with Crippen LogP contribution in [0.15, 0.2) is 120 Å². The average Bonchev–Trinajstić information content (AvgIpc) is 3.55. The molecule has 0 fully saturated rings. The number of para-hydroxylation sites is 2. The second-order valence-corrected chi connectivity index (χ2v) is 11.4. The van der Waals surface area contributed by atoms with Crippen molar-refractivity contribution in [3.63, 3.8) is 0 Å². The van der Waals surface area contributed by atoms with Crippen molar-refractivity contribution >= 4 is 95.3 Å². The van der Waals surface area contributed by atoms with Crippen molar-refractivity contribution in [1.82, 2.24) is 4.57 Å². The smallest absolute Gasteiger partial charge is 0.257 e. The molecule has 41 heavy (non-hydrogen) atoms. The number of anilines is 5. The van der Waals surface area contributed by atoms with E-state index in [1.807, 2.05) is 6.07 Å². The molecular formula is C36H20BN3O. The predicted octanol–water partition coefficient (Wildman–Crippen LogP) is 7.35. The molecule has 4 nitrogen and oxygen atoms in total. The van der Waals surface area contributed by atoms with Gasteiger partial charge in [-0.2, -0.15) is 0 Å². The Kier molecular flexibility index (Phi) is 3.41. The maximum Gasteiger partial charge on any atom is 0.257 e. The molecule has 3 aliphatic heterocycles. The van der Waals surface area contributed by atoms with Gasteiger partial charge in [-0.25, -0.2) is 0 Å². The molecule has 0 aliphatic carbocycles. The topological polar surface area (TPSA) is 33.3 Å². The maximum atomic E-state index is 6.35. The Morgan fingerprint density at radius 3 is 2.24 bits per heavy atom. The quantitative estimate of drug-likeness (QED) is 0.229. The van der Waals surface area contributed by atoms with E-state index in [4.69, 9.17) is 4.42 Å². The number of nitrogens with zero attached hydrogens (tertiary/aromatic N) is 2. The fraction of sp³-hybridized carbons (Fsp3) is 0. The molecule has 5 heterocycles. The normalized spacial score (nSPS) is 14.0. The van der Waals surface area contributed by atoms with Crippen molar-refractivity contribution in [2.45, 2.75) is 0 Å². The van der Waals surface area contributed by atoms with Gasteiger partial charge in [-0.3, -0.25) is 0 Å². The molecule has 0 amide bonds. The molecule has 188 valence electrons. The van der Waals surface area contributed by atoms with Gasteiger partial charge >= 0.3 is 0 Å². The number of benzene rings is 6. The van der Waals surface area contributed by atoms with Crippen LogP contribution >= 0.6 is 0 Å². The Labute approximate surface area is 235 Å². The number of rotatable bonds is 1. The Morgan fingerprint density at radius 2 is 1.32 bits per heavy atom. The summed E-state index contributed by atoms with van der Waals surface area (Å²) in [5, 5.41) is 8.64. The molecular weight excluding hydrogens is 501 g/mol. The molecule has 0 saturated heterocycles. The number of aromatic nitrogens is 1. The summed E-state index contributed by atoms with van der Waals surface area (Å²) in [6.07, 6.45) is 0. The van der Waals surface area contributed by atoms with Crippen LogP contribution in [0.3, 0.4) is 0 Å². The number of furan rings is 1. The van der Waals surface area contributed by atoms with Crippen LogP contribution in [-0.2, 0) is 0 Å². The van der Waals surface area contributed by atoms with Gasteiger partial charge in [0, 0.05) is 55.7 Å². The molecule has 0 radical (unpaired) electrons. The van der Waals surface area contributed by atoms with Gasteiger partial charge in [0.1, 0.15) is 11.2 Å². The van der Waals surface area contributed by atoms with E-state index in [1.165, 1.54) is 72.3 Å². The van der Waals surface area contributed by atoms with Crippen molar-refractivity contribution in [1.29, 1.82) is 0 Å². The number of fused-ring (bicyclic) bond motifs is 7. The van der Waals surface area contributed by atoms with Crippen molar-refractivity contribution in [2.24, 2.45) is 0 Å². The van der Waals surface area contributed by atoms with E-state index in [0.29, 0.717) is 0 Å². The second kappa shape index (κ2) is 6.83. The van der Waals surface area contributed by atoms with Gasteiger partial charge in [0.25, 0.3) is 6.71 Å². The molecule has 8 aromatic rings. The van der Waals surface area contributed by atoms with E-state index in [0.717, 1.165) is 21.9 Å². The predicted molar refractivity (Wildman–Crippen MR) is 171 cm³/mol. The minimum Gasteiger partial charge on any atom is -0.456 e. The van der Waals surface area contributed by atoms with Crippen LogP contribution in [0, 0.1) is 0 Å². The molecule has 2 aromatic heterocycles. The molecule has 0 unspecified atom stereocenters. The molecule has 5 heteroatoms. The highest BCUT2D eigenvalue weighted by molar-refractivity contribution is 7.02. The van der Waals surface area contributed by atoms with Crippen LogP contribution in [0.25, 0.3) is 49.4 Å². The van der Waals surface area contributed by atoms with Gasteiger partial charge in [0.15, 0.2) is 0 Å². The summed E-state index contributed by atoms with van der Waals surface area (Å²) in [4.78, 5) is 2.44. The highest BCUT2D eigenvalue weighted by Crippen LogP contribution is 2.45. The minimum atomic E-state index is 0.160. The Hall–Kier alpha value is -5.42. The molecule has 0 atom stereocenters. The zero-order valence-electron chi connectivity index (χ0n) is 21.8. The van der Waals surface area contributed by atoms with Gasteiger partial charge < -0.3 is 19.2 Å². The van der Waals surface area contributed by atoms with Crippen LogP contribution < -0.4 is 26.6 Å². The number of nitrogens with one attached hydrogen (secondary N) is 1. The van der Waals surface area contributed by atoms with Gasteiger partial charge in [0.2, 0.25) is 0 Å². The Bertz CT molecular complexity index is 2470. The molecule has 1 N–H and O–H groups in total. The zero-order chi connectivity index (χ0) is 26.4. The first-order valence-electron chi connectivity index (χ1n) is 14.2. The third-order valence-electron chi connectivity index (χ3n) is 9.48. The van der Waals surface area contributed by atoms with E-state index in [9.17, 15) is 0 Å². The van der Waals surface area contributed by atoms with Crippen molar-refractivity contribution in [2.75, 3.05) is 10.2 Å². The van der Waals surface area contributed by atoms with Gasteiger partial charge in [-0.15, -0.1) is 0 Å². The molecule has 0 bridgehead atoms. The lowest BCUT2D eigenvalue weighted by atomic mass is 9.32. The minimum absolute atomic E-state index is 0.160. The maximum absolute atomic E-state index is 6.35. The third-order valence-corrected chi connectivity index (χ3v) is 9.48. The zero-order valence-corrected chi connectivity index (χ0v) is 21.8. The molecule has 0 spiro atoms. The van der Waals surface area contributed by atoms with E-state index in [-0.39, 0.29) is 6.71 Å². The van der Waals surface area contributed by atoms with Crippen LogP contribution in [-0.4, -0.2) is 11.3 Å².